The van der Waals surface area contributed by atoms with E-state index in [0.717, 1.165) is 13.8 Å². The summed E-state index contributed by atoms with van der Waals surface area (Å²) in [6.45, 7) is 2.25. The van der Waals surface area contributed by atoms with E-state index in [0.29, 0.717) is 0 Å². The van der Waals surface area contributed by atoms with Crippen molar-refractivity contribution < 1.29 is 27.1 Å². The molecule has 0 rings (SSSR count). The zero-order valence-corrected chi connectivity index (χ0v) is 7.90. The third-order valence-corrected chi connectivity index (χ3v) is 1.30. The van der Waals surface area contributed by atoms with Crippen LogP contribution < -0.4 is 0 Å². The first kappa shape index (κ1) is 13.2. The lowest BCUT2D eigenvalue weighted by atomic mass is 10.2. The summed E-state index contributed by atoms with van der Waals surface area (Å²) < 4.78 is 51.8. The molecule has 0 heterocycles. The van der Waals surface area contributed by atoms with Gasteiger partial charge in [0.1, 0.15) is 12.3 Å². The Morgan fingerprint density at radius 1 is 1.36 bits per heavy atom. The van der Waals surface area contributed by atoms with Gasteiger partial charge in [-0.05, 0) is 13.8 Å². The van der Waals surface area contributed by atoms with Gasteiger partial charge in [0.15, 0.2) is 0 Å². The first-order chi connectivity index (χ1) is 6.20. The number of rotatable bonds is 4. The molecular weight excluding hydrogens is 204 g/mol. The first-order valence-electron chi connectivity index (χ1n) is 4.11. The number of halogens is 4. The van der Waals surface area contributed by atoms with Crippen molar-refractivity contribution >= 4 is 5.97 Å². The molecule has 0 saturated carbocycles. The van der Waals surface area contributed by atoms with Gasteiger partial charge in [0.2, 0.25) is 0 Å². The number of hydrogen-bond donors (Lipinski definition) is 0. The molecule has 2 unspecified atom stereocenters. The Kier molecular flexibility index (Phi) is 4.87. The van der Waals surface area contributed by atoms with E-state index in [1.54, 1.807) is 0 Å². The van der Waals surface area contributed by atoms with Crippen molar-refractivity contribution in [1.82, 2.24) is 0 Å². The highest BCUT2D eigenvalue weighted by atomic mass is 19.4. The second-order valence-electron chi connectivity index (χ2n) is 3.10. The Bertz CT molecular complexity index is 188. The van der Waals surface area contributed by atoms with Crippen molar-refractivity contribution in [3.05, 3.63) is 0 Å². The van der Waals surface area contributed by atoms with E-state index in [2.05, 4.69) is 4.74 Å². The van der Waals surface area contributed by atoms with Crippen LogP contribution in [0.25, 0.3) is 0 Å². The second-order valence-corrected chi connectivity index (χ2v) is 3.10. The Balaban J connectivity index is 3.83. The Hall–Kier alpha value is -0.810. The van der Waals surface area contributed by atoms with E-state index in [4.69, 9.17) is 0 Å². The maximum atomic E-state index is 12.2. The van der Waals surface area contributed by atoms with Gasteiger partial charge in [0.05, 0.1) is 12.8 Å². The molecule has 0 amide bonds. The molecule has 6 heteroatoms. The third kappa shape index (κ3) is 7.82. The van der Waals surface area contributed by atoms with Crippen LogP contribution in [-0.2, 0) is 9.53 Å². The minimum absolute atomic E-state index is 0.512. The van der Waals surface area contributed by atoms with Gasteiger partial charge in [0, 0.05) is 0 Å². The number of carbonyl (C=O) groups is 1. The Morgan fingerprint density at radius 2 is 1.86 bits per heavy atom. The van der Waals surface area contributed by atoms with Crippen molar-refractivity contribution in [2.75, 3.05) is 0 Å². The first-order valence-corrected chi connectivity index (χ1v) is 4.11. The second kappa shape index (κ2) is 5.17. The van der Waals surface area contributed by atoms with Crippen molar-refractivity contribution in [1.29, 1.82) is 0 Å². The normalized spacial score (nSPS) is 16.1. The summed E-state index contributed by atoms with van der Waals surface area (Å²) in [4.78, 5) is 10.7. The lowest BCUT2D eigenvalue weighted by Gasteiger charge is -2.15. The fourth-order valence-corrected chi connectivity index (χ4v) is 0.870. The maximum absolute atomic E-state index is 12.2. The highest BCUT2D eigenvalue weighted by molar-refractivity contribution is 5.70. The van der Waals surface area contributed by atoms with E-state index >= 15 is 0 Å². The zero-order chi connectivity index (χ0) is 11.4. The van der Waals surface area contributed by atoms with Crippen LogP contribution in [-0.4, -0.2) is 24.4 Å². The molecule has 0 aromatic rings. The number of ether oxygens (including phenoxy) is 1. The van der Waals surface area contributed by atoms with E-state index in [9.17, 15) is 22.4 Å². The van der Waals surface area contributed by atoms with Gasteiger partial charge < -0.3 is 4.74 Å². The average Bonchev–Trinajstić information content (AvgIpc) is 1.77. The smallest absolute Gasteiger partial charge is 0.392 e. The molecule has 0 radical (unpaired) electrons. The van der Waals surface area contributed by atoms with Crippen LogP contribution in [0.2, 0.25) is 0 Å². The fourth-order valence-electron chi connectivity index (χ4n) is 0.870. The molecular formula is C8H12F4O2. The van der Waals surface area contributed by atoms with Gasteiger partial charge in [-0.1, -0.05) is 0 Å². The van der Waals surface area contributed by atoms with E-state index in [1.807, 2.05) is 0 Å². The molecule has 0 saturated heterocycles. The minimum atomic E-state index is -4.37. The van der Waals surface area contributed by atoms with Gasteiger partial charge in [0.25, 0.3) is 0 Å². The predicted molar refractivity (Wildman–Crippen MR) is 41.4 cm³/mol. The monoisotopic (exact) mass is 216 g/mol. The zero-order valence-electron chi connectivity index (χ0n) is 7.90. The van der Waals surface area contributed by atoms with Crippen molar-refractivity contribution in [2.24, 2.45) is 0 Å². The van der Waals surface area contributed by atoms with Crippen LogP contribution in [0.15, 0.2) is 0 Å². The van der Waals surface area contributed by atoms with Crippen molar-refractivity contribution in [3.63, 3.8) is 0 Å². The summed E-state index contributed by atoms with van der Waals surface area (Å²) in [7, 11) is 0. The predicted octanol–water partition coefficient (Wildman–Crippen LogP) is 2.62. The fraction of sp³-hybridized carbons (Fsp3) is 0.875. The van der Waals surface area contributed by atoms with E-state index < -0.39 is 37.3 Å². The molecule has 0 aromatic carbocycles. The molecule has 0 aliphatic carbocycles. The van der Waals surface area contributed by atoms with Gasteiger partial charge in [-0.2, -0.15) is 13.2 Å². The molecule has 2 atom stereocenters. The largest absolute Gasteiger partial charge is 0.462 e. The van der Waals surface area contributed by atoms with Gasteiger partial charge in [-0.25, -0.2) is 4.39 Å². The van der Waals surface area contributed by atoms with E-state index in [-0.39, 0.29) is 0 Å². The lowest BCUT2D eigenvalue weighted by molar-refractivity contribution is -0.171. The topological polar surface area (TPSA) is 26.3 Å². The number of esters is 1. The molecule has 0 fully saturated rings. The quantitative estimate of drug-likeness (QED) is 0.533. The Labute approximate surface area is 79.2 Å². The SMILES string of the molecule is CC(F)CC(=O)OC(C)CC(F)(F)F. The molecule has 84 valence electrons. The molecule has 2 nitrogen and oxygen atoms in total. The number of alkyl halides is 4. The summed E-state index contributed by atoms with van der Waals surface area (Å²) in [5.74, 6) is -0.947. The number of hydrogen-bond acceptors (Lipinski definition) is 2. The molecule has 0 N–H and O–H groups in total. The summed E-state index contributed by atoms with van der Waals surface area (Å²) in [6.07, 6.45) is -8.76. The summed E-state index contributed by atoms with van der Waals surface area (Å²) in [5.41, 5.74) is 0. The van der Waals surface area contributed by atoms with Crippen LogP contribution in [0.1, 0.15) is 26.7 Å². The maximum Gasteiger partial charge on any atom is 0.392 e. The molecule has 0 aliphatic heterocycles. The Morgan fingerprint density at radius 3 is 2.21 bits per heavy atom. The van der Waals surface area contributed by atoms with Gasteiger partial charge >= 0.3 is 12.1 Å². The lowest BCUT2D eigenvalue weighted by Crippen LogP contribution is -2.23. The highest BCUT2D eigenvalue weighted by Gasteiger charge is 2.31. The van der Waals surface area contributed by atoms with Crippen LogP contribution in [0.3, 0.4) is 0 Å². The summed E-state index contributed by atoms with van der Waals surface area (Å²) in [5, 5.41) is 0. The van der Waals surface area contributed by atoms with Crippen LogP contribution in [0.5, 0.6) is 0 Å². The van der Waals surface area contributed by atoms with Crippen LogP contribution in [0, 0.1) is 0 Å². The van der Waals surface area contributed by atoms with Crippen molar-refractivity contribution in [2.45, 2.75) is 45.1 Å². The van der Waals surface area contributed by atoms with Crippen LogP contribution in [0.4, 0.5) is 17.6 Å². The van der Waals surface area contributed by atoms with Gasteiger partial charge in [-0.15, -0.1) is 0 Å². The molecule has 0 aromatic heterocycles. The van der Waals surface area contributed by atoms with Crippen molar-refractivity contribution in [3.8, 4) is 0 Å². The minimum Gasteiger partial charge on any atom is -0.462 e. The standard InChI is InChI=1S/C8H12F4O2/c1-5(9)3-7(13)14-6(2)4-8(10,11)12/h5-6H,3-4H2,1-2H3. The van der Waals surface area contributed by atoms with Crippen LogP contribution >= 0.6 is 0 Å². The molecule has 0 aliphatic rings. The molecule has 0 spiro atoms. The summed E-state index contributed by atoms with van der Waals surface area (Å²) in [6, 6.07) is 0. The molecule has 14 heavy (non-hydrogen) atoms. The van der Waals surface area contributed by atoms with E-state index in [1.165, 1.54) is 0 Å². The highest BCUT2D eigenvalue weighted by Crippen LogP contribution is 2.22. The summed E-state index contributed by atoms with van der Waals surface area (Å²) >= 11 is 0. The third-order valence-electron chi connectivity index (χ3n) is 1.30. The average molecular weight is 216 g/mol. The van der Waals surface area contributed by atoms with Gasteiger partial charge in [-0.3, -0.25) is 4.79 Å². The number of carbonyl (C=O) groups excluding carboxylic acids is 1. The molecule has 0 bridgehead atoms.